The normalized spacial score (nSPS) is 20.1. The smallest absolute Gasteiger partial charge is 0.326 e. The fourth-order valence-electron chi connectivity index (χ4n) is 2.11. The molecule has 2 N–H and O–H groups in total. The van der Waals surface area contributed by atoms with Crippen LogP contribution in [0.2, 0.25) is 0 Å². The number of nitrogens with one attached hydrogen (secondary N) is 1. The first-order chi connectivity index (χ1) is 9.49. The molecule has 1 aliphatic rings. The molecule has 0 radical (unpaired) electrons. The Morgan fingerprint density at radius 3 is 2.75 bits per heavy atom. The van der Waals surface area contributed by atoms with Gasteiger partial charge in [0.25, 0.3) is 0 Å². The second-order valence-corrected chi connectivity index (χ2v) is 5.55. The summed E-state index contributed by atoms with van der Waals surface area (Å²) in [6.07, 6.45) is 2.81. The lowest BCUT2D eigenvalue weighted by Crippen LogP contribution is -2.42. The Labute approximate surface area is 119 Å². The van der Waals surface area contributed by atoms with Crippen LogP contribution in [-0.2, 0) is 19.1 Å². The second-order valence-electron chi connectivity index (χ2n) is 5.55. The predicted octanol–water partition coefficient (Wildman–Crippen LogP) is 1.19. The van der Waals surface area contributed by atoms with Crippen molar-refractivity contribution in [1.29, 1.82) is 0 Å². The second kappa shape index (κ2) is 8.92. The highest BCUT2D eigenvalue weighted by Gasteiger charge is 2.21. The first kappa shape index (κ1) is 16.9. The molecule has 1 saturated heterocycles. The van der Waals surface area contributed by atoms with Crippen LogP contribution in [0.3, 0.4) is 0 Å². The Bertz CT molecular complexity index is 313. The third kappa shape index (κ3) is 6.86. The SMILES string of the molecule is CC(C)CC(NC(=O)CCOCC1CCCO1)C(=O)O. The zero-order chi connectivity index (χ0) is 15.0. The van der Waals surface area contributed by atoms with Crippen molar-refractivity contribution in [3.8, 4) is 0 Å². The summed E-state index contributed by atoms with van der Waals surface area (Å²) in [5.41, 5.74) is 0. The molecule has 6 heteroatoms. The van der Waals surface area contributed by atoms with E-state index in [0.29, 0.717) is 19.6 Å². The van der Waals surface area contributed by atoms with E-state index < -0.39 is 12.0 Å². The number of carbonyl (C=O) groups is 2. The number of hydrogen-bond donors (Lipinski definition) is 2. The number of aliphatic carboxylic acids is 1. The molecule has 0 saturated carbocycles. The van der Waals surface area contributed by atoms with Crippen LogP contribution >= 0.6 is 0 Å². The maximum Gasteiger partial charge on any atom is 0.326 e. The minimum absolute atomic E-state index is 0.144. The molecule has 0 aliphatic carbocycles. The lowest BCUT2D eigenvalue weighted by atomic mass is 10.0. The molecule has 0 bridgehead atoms. The fraction of sp³-hybridized carbons (Fsp3) is 0.857. The van der Waals surface area contributed by atoms with Crippen LogP contribution in [0.4, 0.5) is 0 Å². The molecule has 0 aromatic carbocycles. The van der Waals surface area contributed by atoms with Crippen LogP contribution in [0.25, 0.3) is 0 Å². The number of hydrogen-bond acceptors (Lipinski definition) is 4. The van der Waals surface area contributed by atoms with Gasteiger partial charge >= 0.3 is 5.97 Å². The maximum atomic E-state index is 11.6. The summed E-state index contributed by atoms with van der Waals surface area (Å²) >= 11 is 0. The Hall–Kier alpha value is -1.14. The van der Waals surface area contributed by atoms with Gasteiger partial charge in [0, 0.05) is 13.0 Å². The third-order valence-corrected chi connectivity index (χ3v) is 3.14. The summed E-state index contributed by atoms with van der Waals surface area (Å²) in [5.74, 6) is -1.06. The highest BCUT2D eigenvalue weighted by atomic mass is 16.5. The summed E-state index contributed by atoms with van der Waals surface area (Å²) in [6, 6.07) is -0.819. The number of ether oxygens (including phenoxy) is 2. The molecular weight excluding hydrogens is 262 g/mol. The van der Waals surface area contributed by atoms with E-state index in [9.17, 15) is 9.59 Å². The van der Waals surface area contributed by atoms with Gasteiger partial charge in [-0.05, 0) is 25.2 Å². The fourth-order valence-corrected chi connectivity index (χ4v) is 2.11. The van der Waals surface area contributed by atoms with Crippen molar-refractivity contribution in [2.24, 2.45) is 5.92 Å². The zero-order valence-corrected chi connectivity index (χ0v) is 12.3. The molecular formula is C14H25NO5. The summed E-state index contributed by atoms with van der Waals surface area (Å²) in [6.45, 7) is 5.42. The maximum absolute atomic E-state index is 11.6. The van der Waals surface area contributed by atoms with Gasteiger partial charge in [-0.3, -0.25) is 4.79 Å². The highest BCUT2D eigenvalue weighted by molar-refractivity contribution is 5.83. The Morgan fingerprint density at radius 2 is 2.20 bits per heavy atom. The highest BCUT2D eigenvalue weighted by Crippen LogP contribution is 2.12. The van der Waals surface area contributed by atoms with Gasteiger partial charge in [0.05, 0.1) is 19.3 Å². The van der Waals surface area contributed by atoms with E-state index >= 15 is 0 Å². The minimum atomic E-state index is -0.993. The number of carbonyl (C=O) groups excluding carboxylic acids is 1. The molecule has 1 amide bonds. The van der Waals surface area contributed by atoms with Crippen LogP contribution in [0.5, 0.6) is 0 Å². The summed E-state index contributed by atoms with van der Waals surface area (Å²) < 4.78 is 10.8. The van der Waals surface area contributed by atoms with Gasteiger partial charge in [-0.25, -0.2) is 4.79 Å². The molecule has 2 unspecified atom stereocenters. The molecule has 6 nitrogen and oxygen atoms in total. The van der Waals surface area contributed by atoms with E-state index in [4.69, 9.17) is 14.6 Å². The first-order valence-corrected chi connectivity index (χ1v) is 7.20. The molecule has 116 valence electrons. The van der Waals surface area contributed by atoms with Crippen molar-refractivity contribution in [2.45, 2.75) is 51.7 Å². The summed E-state index contributed by atoms with van der Waals surface area (Å²) in [5, 5.41) is 11.6. The molecule has 0 aromatic rings. The van der Waals surface area contributed by atoms with E-state index in [2.05, 4.69) is 5.32 Å². The van der Waals surface area contributed by atoms with Gasteiger partial charge in [-0.1, -0.05) is 13.8 Å². The average Bonchev–Trinajstić information content (AvgIpc) is 2.86. The zero-order valence-electron chi connectivity index (χ0n) is 12.3. The van der Waals surface area contributed by atoms with Gasteiger partial charge in [0.15, 0.2) is 0 Å². The average molecular weight is 287 g/mol. The van der Waals surface area contributed by atoms with E-state index in [1.807, 2.05) is 13.8 Å². The molecule has 1 heterocycles. The predicted molar refractivity (Wildman–Crippen MR) is 73.4 cm³/mol. The Morgan fingerprint density at radius 1 is 1.45 bits per heavy atom. The molecule has 1 aliphatic heterocycles. The summed E-state index contributed by atoms with van der Waals surface area (Å²) in [4.78, 5) is 22.7. The first-order valence-electron chi connectivity index (χ1n) is 7.20. The van der Waals surface area contributed by atoms with Crippen molar-refractivity contribution in [2.75, 3.05) is 19.8 Å². The van der Waals surface area contributed by atoms with E-state index in [-0.39, 0.29) is 24.3 Å². The number of rotatable bonds is 9. The Kier molecular flexibility index (Phi) is 7.54. The number of carboxylic acids is 1. The monoisotopic (exact) mass is 287 g/mol. The van der Waals surface area contributed by atoms with Gasteiger partial charge < -0.3 is 19.9 Å². The van der Waals surface area contributed by atoms with E-state index in [0.717, 1.165) is 19.4 Å². The van der Waals surface area contributed by atoms with Crippen molar-refractivity contribution in [1.82, 2.24) is 5.32 Å². The van der Waals surface area contributed by atoms with Crippen LogP contribution in [0.1, 0.15) is 39.5 Å². The molecule has 0 spiro atoms. The molecule has 2 atom stereocenters. The number of carboxylic acid groups (broad SMARTS) is 1. The van der Waals surface area contributed by atoms with Gasteiger partial charge in [-0.2, -0.15) is 0 Å². The van der Waals surface area contributed by atoms with Gasteiger partial charge in [0.1, 0.15) is 6.04 Å². The molecule has 0 aromatic heterocycles. The largest absolute Gasteiger partial charge is 0.480 e. The Balaban J connectivity index is 2.15. The van der Waals surface area contributed by atoms with E-state index in [1.54, 1.807) is 0 Å². The van der Waals surface area contributed by atoms with Crippen molar-refractivity contribution < 1.29 is 24.2 Å². The van der Waals surface area contributed by atoms with E-state index in [1.165, 1.54) is 0 Å². The topological polar surface area (TPSA) is 84.9 Å². The standard InChI is InChI=1S/C14H25NO5/c1-10(2)8-12(14(17)18)15-13(16)5-7-19-9-11-4-3-6-20-11/h10-12H,3-9H2,1-2H3,(H,15,16)(H,17,18). The van der Waals surface area contributed by atoms with Crippen LogP contribution in [0, 0.1) is 5.92 Å². The van der Waals surface area contributed by atoms with Crippen molar-refractivity contribution >= 4 is 11.9 Å². The van der Waals surface area contributed by atoms with Crippen LogP contribution < -0.4 is 5.32 Å². The van der Waals surface area contributed by atoms with Crippen LogP contribution in [-0.4, -0.2) is 48.9 Å². The minimum Gasteiger partial charge on any atom is -0.480 e. The quantitative estimate of drug-likeness (QED) is 0.622. The van der Waals surface area contributed by atoms with Gasteiger partial charge in [0.2, 0.25) is 5.91 Å². The lowest BCUT2D eigenvalue weighted by Gasteiger charge is -2.16. The van der Waals surface area contributed by atoms with Crippen molar-refractivity contribution in [3.63, 3.8) is 0 Å². The third-order valence-electron chi connectivity index (χ3n) is 3.14. The lowest BCUT2D eigenvalue weighted by molar-refractivity contribution is -0.142. The summed E-state index contributed by atoms with van der Waals surface area (Å²) in [7, 11) is 0. The molecule has 1 rings (SSSR count). The van der Waals surface area contributed by atoms with Crippen LogP contribution in [0.15, 0.2) is 0 Å². The van der Waals surface area contributed by atoms with Gasteiger partial charge in [-0.15, -0.1) is 0 Å². The molecule has 1 fully saturated rings. The number of amides is 1. The molecule has 20 heavy (non-hydrogen) atoms. The van der Waals surface area contributed by atoms with Crippen molar-refractivity contribution in [3.05, 3.63) is 0 Å².